The van der Waals surface area contributed by atoms with Crippen LogP contribution in [0.5, 0.6) is 0 Å². The Morgan fingerprint density at radius 3 is 2.45 bits per heavy atom. The Bertz CT molecular complexity index is 491. The monoisotopic (exact) mass is 326 g/mol. The smallest absolute Gasteiger partial charge is 0.279 e. The van der Waals surface area contributed by atoms with Crippen molar-refractivity contribution in [3.63, 3.8) is 0 Å². The lowest BCUT2D eigenvalue weighted by Crippen LogP contribution is -3.11. The summed E-state index contributed by atoms with van der Waals surface area (Å²) in [5.74, 6) is -0.0610. The summed E-state index contributed by atoms with van der Waals surface area (Å²) in [7, 11) is 3.64. The summed E-state index contributed by atoms with van der Waals surface area (Å²) in [6.45, 7) is 3.42. The number of hydrogen-bond acceptors (Lipinski definition) is 2. The molecular weight excluding hydrogens is 302 g/mol. The zero-order chi connectivity index (χ0) is 16.5. The van der Waals surface area contributed by atoms with Crippen molar-refractivity contribution in [1.29, 1.82) is 0 Å². The van der Waals surface area contributed by atoms with E-state index in [0.717, 1.165) is 24.3 Å². The normalized spacial score (nSPS) is 11.8. The minimum Gasteiger partial charge on any atom is -0.341 e. The molecule has 0 fully saturated rings. The van der Waals surface area contributed by atoms with Crippen molar-refractivity contribution in [3.05, 3.63) is 29.3 Å². The van der Waals surface area contributed by atoms with Crippen molar-refractivity contribution in [2.24, 2.45) is 0 Å². The van der Waals surface area contributed by atoms with Gasteiger partial charge in [0, 0.05) is 24.3 Å². The van der Waals surface area contributed by atoms with Gasteiger partial charge in [0.15, 0.2) is 13.1 Å². The molecule has 0 aromatic heterocycles. The Kier molecular flexibility index (Phi) is 7.91. The molecule has 1 aromatic carbocycles. The zero-order valence-electron chi connectivity index (χ0n) is 13.5. The van der Waals surface area contributed by atoms with E-state index in [2.05, 4.69) is 12.2 Å². The first kappa shape index (κ1) is 18.5. The van der Waals surface area contributed by atoms with Crippen molar-refractivity contribution in [2.45, 2.75) is 19.8 Å². The Balaban J connectivity index is 2.37. The van der Waals surface area contributed by atoms with E-state index in [1.807, 2.05) is 7.05 Å². The van der Waals surface area contributed by atoms with E-state index in [9.17, 15) is 9.59 Å². The highest BCUT2D eigenvalue weighted by atomic mass is 35.5. The fourth-order valence-corrected chi connectivity index (χ4v) is 2.11. The van der Waals surface area contributed by atoms with Crippen LogP contribution in [0.25, 0.3) is 0 Å². The van der Waals surface area contributed by atoms with Crippen molar-refractivity contribution in [1.82, 2.24) is 4.90 Å². The largest absolute Gasteiger partial charge is 0.341 e. The van der Waals surface area contributed by atoms with Gasteiger partial charge in [-0.05, 0) is 30.7 Å². The molecule has 0 saturated heterocycles. The van der Waals surface area contributed by atoms with Crippen LogP contribution in [0.2, 0.25) is 5.02 Å². The first-order valence-corrected chi connectivity index (χ1v) is 7.90. The number of anilines is 1. The number of likely N-dealkylation sites (N-methyl/N-ethyl adjacent to an activating group) is 2. The first-order chi connectivity index (χ1) is 10.4. The Hall–Kier alpha value is -1.59. The highest BCUT2D eigenvalue weighted by Gasteiger charge is 2.17. The van der Waals surface area contributed by atoms with E-state index < -0.39 is 0 Å². The number of unbranched alkanes of at least 4 members (excludes halogenated alkanes) is 1. The molecule has 1 unspecified atom stereocenters. The molecule has 0 saturated carbocycles. The molecule has 0 spiro atoms. The van der Waals surface area contributed by atoms with Gasteiger partial charge in [-0.25, -0.2) is 0 Å². The molecule has 0 aliphatic heterocycles. The molecule has 2 amide bonds. The summed E-state index contributed by atoms with van der Waals surface area (Å²) in [6, 6.07) is 6.94. The van der Waals surface area contributed by atoms with Crippen LogP contribution < -0.4 is 10.2 Å². The quantitative estimate of drug-likeness (QED) is 0.750. The molecule has 2 N–H and O–H groups in total. The van der Waals surface area contributed by atoms with Crippen LogP contribution in [0.3, 0.4) is 0 Å². The summed E-state index contributed by atoms with van der Waals surface area (Å²) in [5.41, 5.74) is 0.702. The number of rotatable bonds is 8. The minimum absolute atomic E-state index is 0.0604. The Morgan fingerprint density at radius 2 is 1.86 bits per heavy atom. The molecule has 22 heavy (non-hydrogen) atoms. The molecule has 0 aliphatic rings. The van der Waals surface area contributed by atoms with Gasteiger partial charge in [0.1, 0.15) is 0 Å². The lowest BCUT2D eigenvalue weighted by molar-refractivity contribution is -0.862. The predicted molar refractivity (Wildman–Crippen MR) is 89.2 cm³/mol. The van der Waals surface area contributed by atoms with Crippen LogP contribution in [0.1, 0.15) is 19.8 Å². The molecule has 5 nitrogen and oxygen atoms in total. The van der Waals surface area contributed by atoms with Gasteiger partial charge >= 0.3 is 0 Å². The first-order valence-electron chi connectivity index (χ1n) is 7.53. The van der Waals surface area contributed by atoms with E-state index in [1.54, 1.807) is 36.2 Å². The van der Waals surface area contributed by atoms with E-state index in [4.69, 9.17) is 11.6 Å². The third kappa shape index (κ3) is 6.91. The maximum absolute atomic E-state index is 12.0. The maximum atomic E-state index is 12.0. The summed E-state index contributed by atoms with van der Waals surface area (Å²) < 4.78 is 0. The van der Waals surface area contributed by atoms with Crippen LogP contribution in [0.15, 0.2) is 24.3 Å². The molecule has 0 heterocycles. The van der Waals surface area contributed by atoms with Gasteiger partial charge in [0.25, 0.3) is 11.8 Å². The van der Waals surface area contributed by atoms with Crippen molar-refractivity contribution in [2.75, 3.05) is 39.0 Å². The van der Waals surface area contributed by atoms with Crippen LogP contribution in [-0.2, 0) is 9.59 Å². The van der Waals surface area contributed by atoms with Crippen LogP contribution in [0.4, 0.5) is 5.69 Å². The average molecular weight is 327 g/mol. The van der Waals surface area contributed by atoms with Crippen molar-refractivity contribution < 1.29 is 14.5 Å². The minimum atomic E-state index is -0.121. The molecule has 0 aliphatic carbocycles. The molecule has 1 aromatic rings. The van der Waals surface area contributed by atoms with Gasteiger partial charge in [-0.3, -0.25) is 9.59 Å². The standard InChI is InChI=1S/C16H24ClN3O2/c1-4-5-10-20(3)16(22)12-19(2)11-15(21)18-14-8-6-13(17)7-9-14/h6-9H,4-5,10-12H2,1-3H3,(H,18,21)/p+1. The number of amides is 2. The van der Waals surface area contributed by atoms with Gasteiger partial charge in [-0.2, -0.15) is 0 Å². The highest BCUT2D eigenvalue weighted by Crippen LogP contribution is 2.12. The van der Waals surface area contributed by atoms with E-state index in [-0.39, 0.29) is 18.4 Å². The van der Waals surface area contributed by atoms with Crippen LogP contribution in [0, 0.1) is 0 Å². The van der Waals surface area contributed by atoms with Gasteiger partial charge in [0.2, 0.25) is 0 Å². The topological polar surface area (TPSA) is 53.9 Å². The Morgan fingerprint density at radius 1 is 1.23 bits per heavy atom. The molecular formula is C16H25ClN3O2+. The number of quaternary nitrogens is 1. The molecule has 1 atom stereocenters. The lowest BCUT2D eigenvalue weighted by atomic mass is 10.3. The van der Waals surface area contributed by atoms with Gasteiger partial charge in [0.05, 0.1) is 7.05 Å². The number of nitrogens with one attached hydrogen (secondary N) is 2. The van der Waals surface area contributed by atoms with Gasteiger partial charge in [-0.1, -0.05) is 24.9 Å². The SMILES string of the molecule is CCCCN(C)C(=O)C[NH+](C)CC(=O)Nc1ccc(Cl)cc1. The summed E-state index contributed by atoms with van der Waals surface area (Å²) in [6.07, 6.45) is 2.06. The molecule has 6 heteroatoms. The van der Waals surface area contributed by atoms with Crippen molar-refractivity contribution >= 4 is 29.1 Å². The predicted octanol–water partition coefficient (Wildman–Crippen LogP) is 1.05. The van der Waals surface area contributed by atoms with Gasteiger partial charge < -0.3 is 15.1 Å². The maximum Gasteiger partial charge on any atom is 0.279 e. The summed E-state index contributed by atoms with van der Waals surface area (Å²) in [4.78, 5) is 26.5. The molecule has 1 rings (SSSR count). The highest BCUT2D eigenvalue weighted by molar-refractivity contribution is 6.30. The second kappa shape index (κ2) is 9.43. The zero-order valence-corrected chi connectivity index (χ0v) is 14.2. The third-order valence-corrected chi connectivity index (χ3v) is 3.57. The Labute approximate surface area is 137 Å². The van der Waals surface area contributed by atoms with Crippen molar-refractivity contribution in [3.8, 4) is 0 Å². The number of benzene rings is 1. The second-order valence-electron chi connectivity index (χ2n) is 5.53. The second-order valence-corrected chi connectivity index (χ2v) is 5.97. The van der Waals surface area contributed by atoms with E-state index in [1.165, 1.54) is 0 Å². The van der Waals surface area contributed by atoms with E-state index in [0.29, 0.717) is 17.3 Å². The van der Waals surface area contributed by atoms with Crippen LogP contribution in [-0.4, -0.2) is 50.4 Å². The molecule has 122 valence electrons. The third-order valence-electron chi connectivity index (χ3n) is 3.32. The average Bonchev–Trinajstić information content (AvgIpc) is 2.46. The summed E-state index contributed by atoms with van der Waals surface area (Å²) >= 11 is 5.80. The number of carbonyl (C=O) groups is 2. The number of hydrogen-bond donors (Lipinski definition) is 2. The lowest BCUT2D eigenvalue weighted by Gasteiger charge is -2.19. The molecule has 0 radical (unpaired) electrons. The van der Waals surface area contributed by atoms with Gasteiger partial charge in [-0.15, -0.1) is 0 Å². The fourth-order valence-electron chi connectivity index (χ4n) is 1.99. The van der Waals surface area contributed by atoms with E-state index >= 15 is 0 Å². The number of nitrogens with zero attached hydrogens (tertiary/aromatic N) is 1. The molecule has 0 bridgehead atoms. The van der Waals surface area contributed by atoms with Crippen LogP contribution >= 0.6 is 11.6 Å². The fraction of sp³-hybridized carbons (Fsp3) is 0.500. The number of carbonyl (C=O) groups excluding carboxylic acids is 2. The number of halogens is 1. The summed E-state index contributed by atoms with van der Waals surface area (Å²) in [5, 5.41) is 3.42.